The third-order valence-electron chi connectivity index (χ3n) is 4.62. The number of carbonyl (C=O) groups excluding carboxylic acids is 2. The lowest BCUT2D eigenvalue weighted by Crippen LogP contribution is -2.42. The fraction of sp³-hybridized carbons (Fsp3) is 0.444. The minimum absolute atomic E-state index is 0.0999. The van der Waals surface area contributed by atoms with Crippen LogP contribution in [-0.2, 0) is 9.59 Å². The predicted molar refractivity (Wildman–Crippen MR) is 87.9 cm³/mol. The van der Waals surface area contributed by atoms with E-state index in [-0.39, 0.29) is 29.4 Å². The molecule has 2 atom stereocenters. The Morgan fingerprint density at radius 2 is 1.78 bits per heavy atom. The van der Waals surface area contributed by atoms with Crippen LogP contribution < -0.4 is 5.32 Å². The van der Waals surface area contributed by atoms with Crippen molar-refractivity contribution in [2.45, 2.75) is 25.7 Å². The Balaban J connectivity index is 1.71. The number of aromatic hydroxyl groups is 1. The lowest BCUT2D eigenvalue weighted by Gasteiger charge is -2.30. The Morgan fingerprint density at radius 3 is 2.48 bits per heavy atom. The van der Waals surface area contributed by atoms with E-state index >= 15 is 0 Å². The highest BCUT2D eigenvalue weighted by molar-refractivity contribution is 5.96. The standard InChI is InChI=1S/C18H22N2O3/c21-14-7-5-6-13(12-14)19-17(22)15-8-1-2-9-16(15)18(23)20-10-3-4-11-20/h1-2,5-7,12,15-16,21H,3-4,8-11H2,(H,19,22). The summed E-state index contributed by atoms with van der Waals surface area (Å²) in [6.45, 7) is 1.61. The maximum absolute atomic E-state index is 12.7. The van der Waals surface area contributed by atoms with Gasteiger partial charge in [0.1, 0.15) is 5.75 Å². The lowest BCUT2D eigenvalue weighted by molar-refractivity contribution is -0.139. The number of hydrogen-bond donors (Lipinski definition) is 2. The number of benzene rings is 1. The summed E-state index contributed by atoms with van der Waals surface area (Å²) in [5.74, 6) is -0.581. The van der Waals surface area contributed by atoms with Gasteiger partial charge in [0.25, 0.3) is 0 Å². The molecule has 1 heterocycles. The minimum atomic E-state index is -0.351. The third kappa shape index (κ3) is 3.55. The third-order valence-corrected chi connectivity index (χ3v) is 4.62. The van der Waals surface area contributed by atoms with Crippen molar-refractivity contribution in [2.24, 2.45) is 11.8 Å². The lowest BCUT2D eigenvalue weighted by atomic mass is 9.81. The van der Waals surface area contributed by atoms with E-state index in [1.54, 1.807) is 18.2 Å². The molecule has 0 aromatic heterocycles. The zero-order valence-electron chi connectivity index (χ0n) is 13.1. The van der Waals surface area contributed by atoms with E-state index in [2.05, 4.69) is 5.32 Å². The normalized spacial score (nSPS) is 23.7. The first-order valence-electron chi connectivity index (χ1n) is 8.19. The van der Waals surface area contributed by atoms with E-state index in [0.717, 1.165) is 25.9 Å². The number of amides is 2. The maximum atomic E-state index is 12.7. The molecule has 0 spiro atoms. The number of hydrogen-bond acceptors (Lipinski definition) is 3. The van der Waals surface area contributed by atoms with Crippen LogP contribution in [-0.4, -0.2) is 34.9 Å². The van der Waals surface area contributed by atoms with Crippen LogP contribution >= 0.6 is 0 Å². The Bertz CT molecular complexity index is 620. The van der Waals surface area contributed by atoms with Gasteiger partial charge in [-0.05, 0) is 37.8 Å². The number of nitrogens with one attached hydrogen (secondary N) is 1. The average Bonchev–Trinajstić information content (AvgIpc) is 3.08. The number of allylic oxidation sites excluding steroid dienone is 2. The van der Waals surface area contributed by atoms with Crippen LogP contribution in [0.3, 0.4) is 0 Å². The molecule has 5 heteroatoms. The van der Waals surface area contributed by atoms with E-state index in [0.29, 0.717) is 18.5 Å². The number of carbonyl (C=O) groups is 2. The van der Waals surface area contributed by atoms with E-state index in [1.165, 1.54) is 6.07 Å². The van der Waals surface area contributed by atoms with Crippen molar-refractivity contribution >= 4 is 17.5 Å². The van der Waals surface area contributed by atoms with Crippen molar-refractivity contribution in [3.8, 4) is 5.75 Å². The number of rotatable bonds is 3. The van der Waals surface area contributed by atoms with E-state index in [1.807, 2.05) is 17.1 Å². The molecule has 1 aliphatic heterocycles. The number of phenols is 1. The van der Waals surface area contributed by atoms with Crippen LogP contribution in [0.1, 0.15) is 25.7 Å². The molecule has 0 bridgehead atoms. The van der Waals surface area contributed by atoms with Crippen molar-refractivity contribution in [3.63, 3.8) is 0 Å². The largest absolute Gasteiger partial charge is 0.508 e. The van der Waals surface area contributed by atoms with Gasteiger partial charge < -0.3 is 15.3 Å². The van der Waals surface area contributed by atoms with Crippen molar-refractivity contribution in [3.05, 3.63) is 36.4 Å². The van der Waals surface area contributed by atoms with E-state index < -0.39 is 0 Å². The minimum Gasteiger partial charge on any atom is -0.508 e. The van der Waals surface area contributed by atoms with Crippen LogP contribution in [0.25, 0.3) is 0 Å². The van der Waals surface area contributed by atoms with Crippen molar-refractivity contribution in [2.75, 3.05) is 18.4 Å². The van der Waals surface area contributed by atoms with Gasteiger partial charge in [0.15, 0.2) is 0 Å². The van der Waals surface area contributed by atoms with Gasteiger partial charge in [0.2, 0.25) is 11.8 Å². The van der Waals surface area contributed by atoms with Crippen LogP contribution in [0.4, 0.5) is 5.69 Å². The van der Waals surface area contributed by atoms with Gasteiger partial charge in [-0.25, -0.2) is 0 Å². The SMILES string of the molecule is O=C(Nc1cccc(O)c1)C1CC=CCC1C(=O)N1CCCC1. The van der Waals surface area contributed by atoms with Gasteiger partial charge in [0.05, 0.1) is 11.8 Å². The second-order valence-electron chi connectivity index (χ2n) is 6.23. The first-order chi connectivity index (χ1) is 11.1. The molecule has 1 saturated heterocycles. The molecule has 2 aliphatic rings. The average molecular weight is 314 g/mol. The highest BCUT2D eigenvalue weighted by Crippen LogP contribution is 2.30. The summed E-state index contributed by atoms with van der Waals surface area (Å²) < 4.78 is 0. The topological polar surface area (TPSA) is 69.6 Å². The van der Waals surface area contributed by atoms with E-state index in [4.69, 9.17) is 0 Å². The first-order valence-corrected chi connectivity index (χ1v) is 8.19. The Morgan fingerprint density at radius 1 is 1.09 bits per heavy atom. The summed E-state index contributed by atoms with van der Waals surface area (Å²) in [6.07, 6.45) is 7.27. The van der Waals surface area contributed by atoms with Crippen molar-refractivity contribution in [1.29, 1.82) is 0 Å². The monoisotopic (exact) mass is 314 g/mol. The van der Waals surface area contributed by atoms with Crippen molar-refractivity contribution < 1.29 is 14.7 Å². The highest BCUT2D eigenvalue weighted by Gasteiger charge is 2.37. The number of anilines is 1. The summed E-state index contributed by atoms with van der Waals surface area (Å²) >= 11 is 0. The zero-order valence-corrected chi connectivity index (χ0v) is 13.1. The summed E-state index contributed by atoms with van der Waals surface area (Å²) in [7, 11) is 0. The predicted octanol–water partition coefficient (Wildman–Crippen LogP) is 2.54. The molecule has 1 aliphatic carbocycles. The van der Waals surface area contributed by atoms with Crippen LogP contribution in [0.5, 0.6) is 5.75 Å². The zero-order chi connectivity index (χ0) is 16.2. The molecule has 3 rings (SSSR count). The molecule has 2 amide bonds. The second kappa shape index (κ2) is 6.86. The molecule has 1 fully saturated rings. The summed E-state index contributed by atoms with van der Waals surface area (Å²) in [6, 6.07) is 6.47. The number of nitrogens with zero attached hydrogens (tertiary/aromatic N) is 1. The molecular weight excluding hydrogens is 292 g/mol. The first kappa shape index (κ1) is 15.6. The molecule has 1 aromatic carbocycles. The van der Waals surface area contributed by atoms with E-state index in [9.17, 15) is 14.7 Å². The van der Waals surface area contributed by atoms with Gasteiger partial charge in [-0.3, -0.25) is 9.59 Å². The van der Waals surface area contributed by atoms with Crippen LogP contribution in [0.15, 0.2) is 36.4 Å². The molecular formula is C18H22N2O3. The highest BCUT2D eigenvalue weighted by atomic mass is 16.3. The van der Waals surface area contributed by atoms with Crippen molar-refractivity contribution in [1.82, 2.24) is 4.90 Å². The molecule has 2 unspecified atom stereocenters. The van der Waals surface area contributed by atoms with Crippen LogP contribution in [0.2, 0.25) is 0 Å². The molecule has 0 radical (unpaired) electrons. The smallest absolute Gasteiger partial charge is 0.228 e. The molecule has 5 nitrogen and oxygen atoms in total. The number of likely N-dealkylation sites (tertiary alicyclic amines) is 1. The molecule has 1 aromatic rings. The fourth-order valence-corrected chi connectivity index (χ4v) is 3.37. The summed E-state index contributed by atoms with van der Waals surface area (Å²) in [5, 5.41) is 12.3. The maximum Gasteiger partial charge on any atom is 0.228 e. The quantitative estimate of drug-likeness (QED) is 0.842. The molecule has 0 saturated carbocycles. The molecule has 23 heavy (non-hydrogen) atoms. The summed E-state index contributed by atoms with van der Waals surface area (Å²) in [5.41, 5.74) is 0.553. The Hall–Kier alpha value is -2.30. The molecule has 122 valence electrons. The molecule has 2 N–H and O–H groups in total. The Kier molecular flexibility index (Phi) is 4.65. The number of phenolic OH excluding ortho intramolecular Hbond substituents is 1. The fourth-order valence-electron chi connectivity index (χ4n) is 3.37. The van der Waals surface area contributed by atoms with Gasteiger partial charge in [0, 0.05) is 24.8 Å². The van der Waals surface area contributed by atoms with Gasteiger partial charge in [-0.1, -0.05) is 18.2 Å². The second-order valence-corrected chi connectivity index (χ2v) is 6.23. The Labute approximate surface area is 136 Å². The summed E-state index contributed by atoms with van der Waals surface area (Å²) in [4.78, 5) is 27.2. The van der Waals surface area contributed by atoms with Crippen LogP contribution in [0, 0.1) is 11.8 Å². The van der Waals surface area contributed by atoms with Gasteiger partial charge in [-0.15, -0.1) is 0 Å². The van der Waals surface area contributed by atoms with Gasteiger partial charge in [-0.2, -0.15) is 0 Å². The van der Waals surface area contributed by atoms with Gasteiger partial charge >= 0.3 is 0 Å².